The second-order valence-corrected chi connectivity index (χ2v) is 5.24. The van der Waals surface area contributed by atoms with E-state index in [4.69, 9.17) is 16.3 Å². The number of para-hydroxylation sites is 1. The molecule has 0 aliphatic heterocycles. The molecule has 1 unspecified atom stereocenters. The molecule has 1 aromatic rings. The van der Waals surface area contributed by atoms with Gasteiger partial charge in [-0.2, -0.15) is 11.8 Å². The van der Waals surface area contributed by atoms with Crippen LogP contribution in [0.1, 0.15) is 13.3 Å². The highest BCUT2D eigenvalue weighted by Crippen LogP contribution is 2.15. The number of ether oxygens (including phenoxy) is 1. The minimum Gasteiger partial charge on any atom is -0.493 e. The SMILES string of the molecule is CC(CCCl)SCCOc1ccccc1. The molecule has 0 aliphatic carbocycles. The van der Waals surface area contributed by atoms with E-state index in [-0.39, 0.29) is 0 Å². The molecular weight excluding hydrogens is 228 g/mol. The highest BCUT2D eigenvalue weighted by molar-refractivity contribution is 7.99. The third kappa shape index (κ3) is 5.95. The summed E-state index contributed by atoms with van der Waals surface area (Å²) in [6.45, 7) is 2.97. The Bertz CT molecular complexity index is 253. The van der Waals surface area contributed by atoms with Crippen molar-refractivity contribution in [3.05, 3.63) is 30.3 Å². The molecule has 0 amide bonds. The van der Waals surface area contributed by atoms with Crippen molar-refractivity contribution in [2.45, 2.75) is 18.6 Å². The van der Waals surface area contributed by atoms with Gasteiger partial charge in [0.2, 0.25) is 0 Å². The maximum atomic E-state index is 5.66. The molecule has 0 aromatic heterocycles. The van der Waals surface area contributed by atoms with Crippen LogP contribution in [0.5, 0.6) is 5.75 Å². The van der Waals surface area contributed by atoms with Gasteiger partial charge in [-0.1, -0.05) is 25.1 Å². The van der Waals surface area contributed by atoms with Gasteiger partial charge in [-0.25, -0.2) is 0 Å². The van der Waals surface area contributed by atoms with Crippen molar-refractivity contribution in [3.63, 3.8) is 0 Å². The van der Waals surface area contributed by atoms with Crippen molar-refractivity contribution >= 4 is 23.4 Å². The van der Waals surface area contributed by atoms with Gasteiger partial charge in [0.1, 0.15) is 5.75 Å². The molecule has 84 valence electrons. The van der Waals surface area contributed by atoms with Crippen molar-refractivity contribution in [1.29, 1.82) is 0 Å². The Morgan fingerprint density at radius 3 is 2.73 bits per heavy atom. The number of alkyl halides is 1. The summed E-state index contributed by atoms with van der Waals surface area (Å²) in [5.41, 5.74) is 0. The Morgan fingerprint density at radius 2 is 2.07 bits per heavy atom. The first-order chi connectivity index (χ1) is 7.33. The van der Waals surface area contributed by atoms with Crippen LogP contribution in [-0.2, 0) is 0 Å². The summed E-state index contributed by atoms with van der Waals surface area (Å²) in [5.74, 6) is 2.71. The largest absolute Gasteiger partial charge is 0.493 e. The van der Waals surface area contributed by atoms with E-state index in [1.807, 2.05) is 42.1 Å². The maximum Gasteiger partial charge on any atom is 0.119 e. The fraction of sp³-hybridized carbons (Fsp3) is 0.500. The summed E-state index contributed by atoms with van der Waals surface area (Å²) in [5, 5.41) is 0.627. The molecule has 1 atom stereocenters. The van der Waals surface area contributed by atoms with Crippen molar-refractivity contribution in [3.8, 4) is 5.75 Å². The third-order valence-electron chi connectivity index (χ3n) is 2.01. The van der Waals surface area contributed by atoms with Crippen LogP contribution in [0.2, 0.25) is 0 Å². The molecule has 1 aromatic carbocycles. The van der Waals surface area contributed by atoms with Crippen molar-refractivity contribution < 1.29 is 4.74 Å². The van der Waals surface area contributed by atoms with Gasteiger partial charge in [0.05, 0.1) is 6.61 Å². The van der Waals surface area contributed by atoms with Crippen LogP contribution in [0.3, 0.4) is 0 Å². The fourth-order valence-corrected chi connectivity index (χ4v) is 2.49. The van der Waals surface area contributed by atoms with Crippen molar-refractivity contribution in [2.24, 2.45) is 0 Å². The van der Waals surface area contributed by atoms with Crippen LogP contribution in [0, 0.1) is 0 Å². The Hall–Kier alpha value is -0.340. The summed E-state index contributed by atoms with van der Waals surface area (Å²) >= 11 is 7.57. The van der Waals surface area contributed by atoms with Gasteiger partial charge in [-0.05, 0) is 18.6 Å². The quantitative estimate of drug-likeness (QED) is 0.533. The van der Waals surface area contributed by atoms with Crippen LogP contribution >= 0.6 is 23.4 Å². The third-order valence-corrected chi connectivity index (χ3v) is 3.44. The van der Waals surface area contributed by atoms with Crippen LogP contribution in [0.25, 0.3) is 0 Å². The first kappa shape index (κ1) is 12.7. The summed E-state index contributed by atoms with van der Waals surface area (Å²) in [4.78, 5) is 0. The number of hydrogen-bond acceptors (Lipinski definition) is 2. The second-order valence-electron chi connectivity index (χ2n) is 3.32. The summed E-state index contributed by atoms with van der Waals surface area (Å²) in [6.07, 6.45) is 1.07. The van der Waals surface area contributed by atoms with Gasteiger partial charge in [-0.15, -0.1) is 11.6 Å². The highest BCUT2D eigenvalue weighted by atomic mass is 35.5. The summed E-state index contributed by atoms with van der Waals surface area (Å²) in [7, 11) is 0. The smallest absolute Gasteiger partial charge is 0.119 e. The zero-order valence-corrected chi connectivity index (χ0v) is 10.6. The van der Waals surface area contributed by atoms with Crippen molar-refractivity contribution in [2.75, 3.05) is 18.2 Å². The van der Waals surface area contributed by atoms with Gasteiger partial charge in [0.15, 0.2) is 0 Å². The lowest BCUT2D eigenvalue weighted by Gasteiger charge is -2.09. The van der Waals surface area contributed by atoms with E-state index in [0.29, 0.717) is 5.25 Å². The van der Waals surface area contributed by atoms with Crippen LogP contribution < -0.4 is 4.74 Å². The molecule has 0 radical (unpaired) electrons. The Morgan fingerprint density at radius 1 is 1.33 bits per heavy atom. The topological polar surface area (TPSA) is 9.23 Å². The number of hydrogen-bond donors (Lipinski definition) is 0. The lowest BCUT2D eigenvalue weighted by atomic mass is 10.3. The molecule has 1 nitrogen and oxygen atoms in total. The van der Waals surface area contributed by atoms with Crippen LogP contribution in [-0.4, -0.2) is 23.5 Å². The highest BCUT2D eigenvalue weighted by Gasteiger charge is 2.01. The Labute approximate surface area is 101 Å². The molecule has 0 N–H and O–H groups in total. The van der Waals surface area contributed by atoms with Gasteiger partial charge in [-0.3, -0.25) is 0 Å². The summed E-state index contributed by atoms with van der Waals surface area (Å²) < 4.78 is 5.58. The molecule has 0 aliphatic rings. The minimum absolute atomic E-state index is 0.627. The first-order valence-electron chi connectivity index (χ1n) is 5.18. The van der Waals surface area contributed by atoms with Crippen LogP contribution in [0.15, 0.2) is 30.3 Å². The lowest BCUT2D eigenvalue weighted by Crippen LogP contribution is -2.05. The minimum atomic E-state index is 0.627. The predicted molar refractivity (Wildman–Crippen MR) is 69.2 cm³/mol. The van der Waals surface area contributed by atoms with Crippen molar-refractivity contribution in [1.82, 2.24) is 0 Å². The second kappa shape index (κ2) is 7.89. The monoisotopic (exact) mass is 244 g/mol. The molecule has 0 fully saturated rings. The normalized spacial score (nSPS) is 12.4. The molecule has 0 bridgehead atoms. The average Bonchev–Trinajstić information content (AvgIpc) is 2.26. The average molecular weight is 245 g/mol. The molecule has 3 heteroatoms. The van der Waals surface area contributed by atoms with E-state index in [1.54, 1.807) is 0 Å². The molecular formula is C12H17ClOS. The van der Waals surface area contributed by atoms with Gasteiger partial charge < -0.3 is 4.74 Å². The van der Waals surface area contributed by atoms with E-state index in [0.717, 1.165) is 30.4 Å². The zero-order chi connectivity index (χ0) is 10.9. The van der Waals surface area contributed by atoms with E-state index < -0.39 is 0 Å². The summed E-state index contributed by atoms with van der Waals surface area (Å²) in [6, 6.07) is 9.92. The lowest BCUT2D eigenvalue weighted by molar-refractivity contribution is 0.344. The first-order valence-corrected chi connectivity index (χ1v) is 6.76. The maximum absolute atomic E-state index is 5.66. The number of thioether (sulfide) groups is 1. The molecule has 0 heterocycles. The molecule has 15 heavy (non-hydrogen) atoms. The Balaban J connectivity index is 2.07. The number of rotatable bonds is 7. The van der Waals surface area contributed by atoms with Gasteiger partial charge >= 0.3 is 0 Å². The fourth-order valence-electron chi connectivity index (χ4n) is 1.16. The number of halogens is 1. The van der Waals surface area contributed by atoms with E-state index >= 15 is 0 Å². The Kier molecular flexibility index (Phi) is 6.69. The predicted octanol–water partition coefficient (Wildman–Crippen LogP) is 3.82. The molecule has 0 saturated heterocycles. The standard InChI is InChI=1S/C12H17ClOS/c1-11(7-8-13)15-10-9-14-12-5-3-2-4-6-12/h2-6,11H,7-10H2,1H3. The van der Waals surface area contributed by atoms with Crippen LogP contribution in [0.4, 0.5) is 0 Å². The molecule has 0 spiro atoms. The van der Waals surface area contributed by atoms with E-state index in [2.05, 4.69) is 6.92 Å². The number of benzene rings is 1. The molecule has 1 rings (SSSR count). The molecule has 0 saturated carbocycles. The zero-order valence-electron chi connectivity index (χ0n) is 8.99. The van der Waals surface area contributed by atoms with Gasteiger partial charge in [0, 0.05) is 16.9 Å². The van der Waals surface area contributed by atoms with E-state index in [9.17, 15) is 0 Å². The van der Waals surface area contributed by atoms with E-state index in [1.165, 1.54) is 0 Å². The van der Waals surface area contributed by atoms with Gasteiger partial charge in [0.25, 0.3) is 0 Å².